The fourth-order valence-corrected chi connectivity index (χ4v) is 6.16. The van der Waals surface area contributed by atoms with Gasteiger partial charge < -0.3 is 22.7 Å². The van der Waals surface area contributed by atoms with Crippen LogP contribution in [0.4, 0.5) is 0 Å². The SMILES string of the molecule is COC(=O)[C@@H](C[C@@H](OS(C)(C)C(C)(C)C)C(=O)OC)CP(=O)(OCc1ccccc1)OCc1ccccc1. The molecule has 2 aromatic carbocycles. The number of hydrogen-bond donors (Lipinski definition) is 0. The Morgan fingerprint density at radius 3 is 1.66 bits per heavy atom. The number of ether oxygens (including phenoxy) is 2. The minimum Gasteiger partial charge on any atom is -0.469 e. The van der Waals surface area contributed by atoms with Gasteiger partial charge in [-0.05, 0) is 30.1 Å². The molecule has 0 unspecified atom stereocenters. The van der Waals surface area contributed by atoms with Gasteiger partial charge in [0.05, 0.1) is 39.5 Å². The highest BCUT2D eigenvalue weighted by atomic mass is 32.3. The summed E-state index contributed by atoms with van der Waals surface area (Å²) in [7, 11) is -3.09. The Kier molecular flexibility index (Phi) is 12.1. The molecular weight excluding hydrogens is 527 g/mol. The topological polar surface area (TPSA) is 97.4 Å². The molecule has 2 aromatic rings. The van der Waals surface area contributed by atoms with Crippen LogP contribution in [0.3, 0.4) is 0 Å². The van der Waals surface area contributed by atoms with E-state index in [4.69, 9.17) is 22.7 Å². The van der Waals surface area contributed by atoms with Crippen LogP contribution in [0.25, 0.3) is 0 Å². The second-order valence-electron chi connectivity index (χ2n) is 10.2. The van der Waals surface area contributed by atoms with Crippen molar-refractivity contribution in [1.29, 1.82) is 0 Å². The van der Waals surface area contributed by atoms with Crippen LogP contribution >= 0.6 is 17.9 Å². The molecule has 212 valence electrons. The van der Waals surface area contributed by atoms with Gasteiger partial charge in [0, 0.05) is 4.75 Å². The van der Waals surface area contributed by atoms with Crippen LogP contribution in [0, 0.1) is 5.92 Å². The molecule has 0 amide bonds. The lowest BCUT2D eigenvalue weighted by atomic mass is 10.0. The minimum absolute atomic E-state index is 0.0267. The third-order valence-electron chi connectivity index (χ3n) is 6.31. The molecule has 0 saturated carbocycles. The monoisotopic (exact) mass is 568 g/mol. The molecule has 0 aliphatic heterocycles. The quantitative estimate of drug-likeness (QED) is 0.198. The van der Waals surface area contributed by atoms with Crippen LogP contribution in [0.1, 0.15) is 38.3 Å². The van der Waals surface area contributed by atoms with Gasteiger partial charge in [-0.25, -0.2) is 4.79 Å². The Labute approximate surface area is 228 Å². The minimum atomic E-state index is -3.85. The van der Waals surface area contributed by atoms with E-state index in [-0.39, 0.29) is 30.5 Å². The van der Waals surface area contributed by atoms with E-state index in [1.807, 2.05) is 93.9 Å². The first-order chi connectivity index (χ1) is 17.8. The van der Waals surface area contributed by atoms with E-state index in [1.54, 1.807) is 0 Å². The van der Waals surface area contributed by atoms with E-state index in [0.717, 1.165) is 11.1 Å². The van der Waals surface area contributed by atoms with Crippen molar-refractivity contribution in [2.45, 2.75) is 51.3 Å². The number of rotatable bonds is 14. The largest absolute Gasteiger partial charge is 0.469 e. The smallest absolute Gasteiger partial charge is 0.336 e. The van der Waals surface area contributed by atoms with Gasteiger partial charge in [-0.1, -0.05) is 81.4 Å². The molecule has 0 radical (unpaired) electrons. The number of benzene rings is 2. The summed E-state index contributed by atoms with van der Waals surface area (Å²) in [5.74, 6) is -2.26. The summed E-state index contributed by atoms with van der Waals surface area (Å²) in [4.78, 5) is 25.6. The van der Waals surface area contributed by atoms with Crippen LogP contribution in [0.2, 0.25) is 0 Å². The van der Waals surface area contributed by atoms with Crippen molar-refractivity contribution in [2.24, 2.45) is 5.92 Å². The van der Waals surface area contributed by atoms with Gasteiger partial charge in [0.2, 0.25) is 0 Å². The molecule has 0 fully saturated rings. The molecule has 0 aliphatic rings. The maximum Gasteiger partial charge on any atom is 0.336 e. The van der Waals surface area contributed by atoms with Crippen LogP contribution < -0.4 is 0 Å². The van der Waals surface area contributed by atoms with Gasteiger partial charge >= 0.3 is 19.5 Å². The number of esters is 2. The molecule has 0 aromatic heterocycles. The lowest BCUT2D eigenvalue weighted by molar-refractivity contribution is -0.151. The summed E-state index contributed by atoms with van der Waals surface area (Å²) in [6, 6.07) is 18.5. The van der Waals surface area contributed by atoms with E-state index >= 15 is 0 Å². The van der Waals surface area contributed by atoms with Crippen molar-refractivity contribution in [1.82, 2.24) is 0 Å². The number of hydrogen-bond acceptors (Lipinski definition) is 8. The van der Waals surface area contributed by atoms with Gasteiger partial charge in [0.1, 0.15) is 0 Å². The van der Waals surface area contributed by atoms with E-state index in [1.165, 1.54) is 14.2 Å². The molecule has 0 saturated heterocycles. The summed E-state index contributed by atoms with van der Waals surface area (Å²) in [5, 5.41) is 0. The van der Waals surface area contributed by atoms with E-state index in [0.29, 0.717) is 0 Å². The van der Waals surface area contributed by atoms with Crippen molar-refractivity contribution >= 4 is 29.8 Å². The molecule has 0 N–H and O–H groups in total. The number of carbonyl (C=O) groups is 2. The maximum atomic E-state index is 14.1. The Balaban J connectivity index is 2.33. The zero-order chi connectivity index (χ0) is 28.4. The summed E-state index contributed by atoms with van der Waals surface area (Å²) in [5.41, 5.74) is 1.61. The van der Waals surface area contributed by atoms with Gasteiger partial charge in [-0.3, -0.25) is 9.36 Å². The standard InChI is InChI=1S/C28H41O8PS/c1-28(2,3)38(6,7)36-25(27(30)33-5)18-24(26(29)32-4)21-37(31,34-19-22-14-10-8-11-15-22)35-20-23-16-12-9-13-17-23/h8-17,24-25H,18-21H2,1-7H3/t24-,25+/m0/s1. The average molecular weight is 569 g/mol. The van der Waals surface area contributed by atoms with Gasteiger partial charge in [-0.15, -0.1) is 10.3 Å². The van der Waals surface area contributed by atoms with Crippen molar-refractivity contribution in [2.75, 3.05) is 32.9 Å². The average Bonchev–Trinajstić information content (AvgIpc) is 2.89. The highest BCUT2D eigenvalue weighted by Crippen LogP contribution is 2.56. The zero-order valence-corrected chi connectivity index (χ0v) is 25.1. The van der Waals surface area contributed by atoms with Crippen molar-refractivity contribution in [3.8, 4) is 0 Å². The maximum absolute atomic E-state index is 14.1. The highest BCUT2D eigenvalue weighted by Gasteiger charge is 2.40. The van der Waals surface area contributed by atoms with Crippen molar-refractivity contribution < 1.29 is 36.9 Å². The van der Waals surface area contributed by atoms with Crippen LogP contribution in [0.5, 0.6) is 0 Å². The molecule has 0 bridgehead atoms. The number of methoxy groups -OCH3 is 2. The first-order valence-corrected chi connectivity index (χ1v) is 16.4. The fourth-order valence-electron chi connectivity index (χ4n) is 3.32. The summed E-state index contributed by atoms with van der Waals surface area (Å²) < 4.78 is 41.8. The predicted octanol–water partition coefficient (Wildman–Crippen LogP) is 6.13. The Hall–Kier alpha value is -2.16. The Morgan fingerprint density at radius 2 is 1.26 bits per heavy atom. The van der Waals surface area contributed by atoms with Crippen LogP contribution in [-0.4, -0.2) is 55.7 Å². The second-order valence-corrected chi connectivity index (χ2v) is 16.2. The van der Waals surface area contributed by atoms with Gasteiger partial charge in [0.25, 0.3) is 0 Å². The van der Waals surface area contributed by atoms with E-state index in [9.17, 15) is 14.2 Å². The molecule has 38 heavy (non-hydrogen) atoms. The normalized spacial score (nSPS) is 14.4. The summed E-state index contributed by atoms with van der Waals surface area (Å²) in [6.07, 6.45) is 2.45. The number of carbonyl (C=O) groups excluding carboxylic acids is 2. The van der Waals surface area contributed by atoms with E-state index < -0.39 is 41.9 Å². The lowest BCUT2D eigenvalue weighted by Crippen LogP contribution is -2.37. The molecule has 2 rings (SSSR count). The Bertz CT molecular complexity index is 1020. The molecule has 10 heteroatoms. The van der Waals surface area contributed by atoms with Gasteiger partial charge in [0.15, 0.2) is 6.10 Å². The van der Waals surface area contributed by atoms with Crippen molar-refractivity contribution in [3.63, 3.8) is 0 Å². The Morgan fingerprint density at radius 1 is 0.816 bits per heavy atom. The van der Waals surface area contributed by atoms with E-state index in [2.05, 4.69) is 0 Å². The molecule has 2 atom stereocenters. The fraction of sp³-hybridized carbons (Fsp3) is 0.500. The van der Waals surface area contributed by atoms with Crippen LogP contribution in [-0.2, 0) is 50.1 Å². The van der Waals surface area contributed by atoms with Crippen LogP contribution in [0.15, 0.2) is 60.7 Å². The third-order valence-corrected chi connectivity index (χ3v) is 11.9. The highest BCUT2D eigenvalue weighted by molar-refractivity contribution is 8.29. The molecule has 0 heterocycles. The van der Waals surface area contributed by atoms with Crippen molar-refractivity contribution in [3.05, 3.63) is 71.8 Å². The lowest BCUT2D eigenvalue weighted by Gasteiger charge is -2.45. The third kappa shape index (κ3) is 9.86. The summed E-state index contributed by atoms with van der Waals surface area (Å²) >= 11 is 0. The summed E-state index contributed by atoms with van der Waals surface area (Å²) in [6.45, 7) is 6.13. The zero-order valence-electron chi connectivity index (χ0n) is 23.4. The first-order valence-electron chi connectivity index (χ1n) is 12.3. The second kappa shape index (κ2) is 14.3. The molecule has 8 nitrogen and oxygen atoms in total. The van der Waals surface area contributed by atoms with Gasteiger partial charge in [-0.2, -0.15) is 0 Å². The molecular formula is C28H41O8PS. The molecule has 0 spiro atoms. The first kappa shape index (κ1) is 32.1. The molecule has 0 aliphatic carbocycles. The predicted molar refractivity (Wildman–Crippen MR) is 151 cm³/mol.